The molecule has 2 saturated heterocycles. The van der Waals surface area contributed by atoms with E-state index in [1.54, 1.807) is 7.11 Å². The van der Waals surface area contributed by atoms with E-state index in [9.17, 15) is 5.11 Å². The number of para-hydroxylation sites is 1. The van der Waals surface area contributed by atoms with Crippen LogP contribution in [0.25, 0.3) is 0 Å². The molecule has 0 aromatic heterocycles. The van der Waals surface area contributed by atoms with Crippen LogP contribution in [0.5, 0.6) is 5.75 Å². The lowest BCUT2D eigenvalue weighted by Gasteiger charge is -2.49. The Hall–Kier alpha value is -1.06. The van der Waals surface area contributed by atoms with E-state index < -0.39 is 5.60 Å². The van der Waals surface area contributed by atoms with Gasteiger partial charge in [0.05, 0.1) is 7.11 Å². The number of nitrogens with zero attached hydrogens (tertiary/aromatic N) is 1. The zero-order valence-electron chi connectivity index (χ0n) is 11.6. The minimum Gasteiger partial charge on any atom is -0.496 e. The summed E-state index contributed by atoms with van der Waals surface area (Å²) >= 11 is 0. The van der Waals surface area contributed by atoms with Gasteiger partial charge in [0.1, 0.15) is 11.4 Å². The fourth-order valence-electron chi connectivity index (χ4n) is 3.83. The fraction of sp³-hybridized carbons (Fsp3) is 0.625. The molecular formula is C16H23NO2. The number of methoxy groups -OCH3 is 1. The van der Waals surface area contributed by atoms with Crippen LogP contribution in [-0.2, 0) is 5.60 Å². The van der Waals surface area contributed by atoms with Crippen LogP contribution < -0.4 is 4.74 Å². The van der Waals surface area contributed by atoms with Gasteiger partial charge >= 0.3 is 0 Å². The highest BCUT2D eigenvalue weighted by Gasteiger charge is 2.46. The maximum atomic E-state index is 11.3. The van der Waals surface area contributed by atoms with Crippen LogP contribution in [0, 0.1) is 0 Å². The lowest BCUT2D eigenvalue weighted by atomic mass is 9.75. The Labute approximate surface area is 115 Å². The predicted molar refractivity (Wildman–Crippen MR) is 75.3 cm³/mol. The number of rotatable bonds is 2. The van der Waals surface area contributed by atoms with Crippen molar-refractivity contribution in [1.29, 1.82) is 0 Å². The van der Waals surface area contributed by atoms with Gasteiger partial charge in [0.15, 0.2) is 0 Å². The highest BCUT2D eigenvalue weighted by molar-refractivity contribution is 5.39. The maximum absolute atomic E-state index is 11.3. The molecule has 2 atom stereocenters. The van der Waals surface area contributed by atoms with E-state index in [4.69, 9.17) is 4.74 Å². The Morgan fingerprint density at radius 1 is 1.21 bits per heavy atom. The number of fused-ring (bicyclic) bond motifs is 1. The standard InChI is InChI=1S/C16H23NO2/c1-19-14-8-3-2-7-13(14)16(18)10-6-12-17-11-5-4-9-15(16)17/h2-3,7-8,15,18H,4-6,9-12H2,1H3. The van der Waals surface area contributed by atoms with Crippen molar-refractivity contribution in [2.75, 3.05) is 20.2 Å². The summed E-state index contributed by atoms with van der Waals surface area (Å²) in [6.45, 7) is 2.25. The minimum absolute atomic E-state index is 0.256. The Morgan fingerprint density at radius 2 is 2.00 bits per heavy atom. The van der Waals surface area contributed by atoms with Crippen molar-refractivity contribution < 1.29 is 9.84 Å². The van der Waals surface area contributed by atoms with Gasteiger partial charge in [-0.15, -0.1) is 0 Å². The number of hydrogen-bond acceptors (Lipinski definition) is 3. The number of ether oxygens (including phenoxy) is 1. The molecule has 2 aliphatic rings. The molecule has 0 amide bonds. The molecule has 2 aliphatic heterocycles. The molecule has 3 rings (SSSR count). The lowest BCUT2D eigenvalue weighted by Crippen LogP contribution is -2.56. The largest absolute Gasteiger partial charge is 0.496 e. The zero-order chi connectivity index (χ0) is 13.3. The molecule has 3 nitrogen and oxygen atoms in total. The molecular weight excluding hydrogens is 238 g/mol. The second-order valence-electron chi connectivity index (χ2n) is 5.78. The highest BCUT2D eigenvalue weighted by atomic mass is 16.5. The molecule has 19 heavy (non-hydrogen) atoms. The van der Waals surface area contributed by atoms with Gasteiger partial charge in [-0.1, -0.05) is 24.6 Å². The topological polar surface area (TPSA) is 32.7 Å². The Bertz CT molecular complexity index is 446. The molecule has 2 unspecified atom stereocenters. The van der Waals surface area contributed by atoms with Gasteiger partial charge < -0.3 is 9.84 Å². The van der Waals surface area contributed by atoms with E-state index in [0.717, 1.165) is 43.7 Å². The van der Waals surface area contributed by atoms with Crippen LogP contribution in [-0.4, -0.2) is 36.2 Å². The van der Waals surface area contributed by atoms with E-state index in [0.29, 0.717) is 0 Å². The first-order chi connectivity index (χ1) is 9.25. The molecule has 1 N–H and O–H groups in total. The number of benzene rings is 1. The van der Waals surface area contributed by atoms with Crippen molar-refractivity contribution in [3.63, 3.8) is 0 Å². The van der Waals surface area contributed by atoms with Gasteiger partial charge in [0.2, 0.25) is 0 Å². The monoisotopic (exact) mass is 261 g/mol. The van der Waals surface area contributed by atoms with Crippen LogP contribution >= 0.6 is 0 Å². The second-order valence-corrected chi connectivity index (χ2v) is 5.78. The first-order valence-electron chi connectivity index (χ1n) is 7.35. The summed E-state index contributed by atoms with van der Waals surface area (Å²) in [5.41, 5.74) is 0.222. The molecule has 0 bridgehead atoms. The van der Waals surface area contributed by atoms with Gasteiger partial charge in [0.25, 0.3) is 0 Å². The van der Waals surface area contributed by atoms with Crippen molar-refractivity contribution in [1.82, 2.24) is 4.90 Å². The third kappa shape index (κ3) is 2.15. The Morgan fingerprint density at radius 3 is 2.84 bits per heavy atom. The van der Waals surface area contributed by atoms with E-state index in [-0.39, 0.29) is 6.04 Å². The summed E-state index contributed by atoms with van der Waals surface area (Å²) in [4.78, 5) is 2.47. The van der Waals surface area contributed by atoms with Crippen LogP contribution in [0.2, 0.25) is 0 Å². The molecule has 0 radical (unpaired) electrons. The van der Waals surface area contributed by atoms with E-state index >= 15 is 0 Å². The molecule has 104 valence electrons. The molecule has 3 heteroatoms. The summed E-state index contributed by atoms with van der Waals surface area (Å²) in [5, 5.41) is 11.3. The van der Waals surface area contributed by atoms with Gasteiger partial charge in [0, 0.05) is 11.6 Å². The van der Waals surface area contributed by atoms with Gasteiger partial charge in [-0.2, -0.15) is 0 Å². The van der Waals surface area contributed by atoms with Crippen molar-refractivity contribution in [2.24, 2.45) is 0 Å². The van der Waals surface area contributed by atoms with Crippen LogP contribution in [0.15, 0.2) is 24.3 Å². The molecule has 0 aliphatic carbocycles. The number of aliphatic hydroxyl groups is 1. The molecule has 0 spiro atoms. The molecule has 2 heterocycles. The summed E-state index contributed by atoms with van der Waals surface area (Å²) in [6, 6.07) is 8.20. The zero-order valence-corrected chi connectivity index (χ0v) is 11.6. The summed E-state index contributed by atoms with van der Waals surface area (Å²) in [6.07, 6.45) is 5.48. The number of hydrogen-bond donors (Lipinski definition) is 1. The lowest BCUT2D eigenvalue weighted by molar-refractivity contribution is -0.100. The van der Waals surface area contributed by atoms with Crippen LogP contribution in [0.4, 0.5) is 0 Å². The SMILES string of the molecule is COc1ccccc1C1(O)CCCN2CCCCC21. The summed E-state index contributed by atoms with van der Waals surface area (Å²) < 4.78 is 5.46. The maximum Gasteiger partial charge on any atom is 0.125 e. The third-order valence-corrected chi connectivity index (χ3v) is 4.74. The van der Waals surface area contributed by atoms with Crippen molar-refractivity contribution >= 4 is 0 Å². The van der Waals surface area contributed by atoms with Crippen molar-refractivity contribution in [3.05, 3.63) is 29.8 Å². The fourth-order valence-corrected chi connectivity index (χ4v) is 3.83. The molecule has 2 fully saturated rings. The summed E-state index contributed by atoms with van der Waals surface area (Å²) in [7, 11) is 1.68. The quantitative estimate of drug-likeness (QED) is 0.888. The number of piperidine rings is 2. The Balaban J connectivity index is 1.99. The predicted octanol–water partition coefficient (Wildman–Crippen LogP) is 2.53. The van der Waals surface area contributed by atoms with E-state index in [1.165, 1.54) is 12.8 Å². The second kappa shape index (κ2) is 5.14. The third-order valence-electron chi connectivity index (χ3n) is 4.74. The molecule has 0 saturated carbocycles. The van der Waals surface area contributed by atoms with Crippen LogP contribution in [0.1, 0.15) is 37.7 Å². The van der Waals surface area contributed by atoms with Crippen LogP contribution in [0.3, 0.4) is 0 Å². The van der Waals surface area contributed by atoms with E-state index in [1.807, 2.05) is 24.3 Å². The Kier molecular flexibility index (Phi) is 3.50. The van der Waals surface area contributed by atoms with Gasteiger partial charge in [-0.25, -0.2) is 0 Å². The first-order valence-corrected chi connectivity index (χ1v) is 7.35. The van der Waals surface area contributed by atoms with E-state index in [2.05, 4.69) is 4.90 Å². The van der Waals surface area contributed by atoms with Gasteiger partial charge in [-0.05, 0) is 44.8 Å². The normalized spacial score (nSPS) is 31.8. The minimum atomic E-state index is -0.745. The molecule has 1 aromatic rings. The van der Waals surface area contributed by atoms with Gasteiger partial charge in [-0.3, -0.25) is 4.90 Å². The highest BCUT2D eigenvalue weighted by Crippen LogP contribution is 2.43. The molecule has 1 aromatic carbocycles. The smallest absolute Gasteiger partial charge is 0.125 e. The average molecular weight is 261 g/mol. The first kappa shape index (κ1) is 12.9. The average Bonchev–Trinajstić information content (AvgIpc) is 2.48. The summed E-state index contributed by atoms with van der Waals surface area (Å²) in [5.74, 6) is 0.817. The van der Waals surface area contributed by atoms with Crippen molar-refractivity contribution in [3.8, 4) is 5.75 Å². The van der Waals surface area contributed by atoms with Crippen molar-refractivity contribution in [2.45, 2.75) is 43.7 Å².